The Morgan fingerprint density at radius 3 is 2.88 bits per heavy atom. The molecule has 6 nitrogen and oxygen atoms in total. The summed E-state index contributed by atoms with van der Waals surface area (Å²) < 4.78 is 7.65. The summed E-state index contributed by atoms with van der Waals surface area (Å²) in [6.07, 6.45) is 3.65. The van der Waals surface area contributed by atoms with Crippen molar-refractivity contribution in [3.8, 4) is 5.75 Å². The highest BCUT2D eigenvalue weighted by molar-refractivity contribution is 5.78. The molecule has 1 atom stereocenters. The van der Waals surface area contributed by atoms with Gasteiger partial charge in [0.25, 0.3) is 5.91 Å². The highest BCUT2D eigenvalue weighted by Gasteiger charge is 2.28. The zero-order valence-corrected chi connectivity index (χ0v) is 14.3. The molecule has 1 aliphatic rings. The number of carbonyl (C=O) groups is 1. The Balaban J connectivity index is 1.49. The first-order chi connectivity index (χ1) is 11.6. The van der Waals surface area contributed by atoms with E-state index in [4.69, 9.17) is 4.74 Å². The van der Waals surface area contributed by atoms with Crippen molar-refractivity contribution in [2.24, 2.45) is 5.92 Å². The number of rotatable bonds is 6. The van der Waals surface area contributed by atoms with Crippen molar-refractivity contribution in [3.63, 3.8) is 0 Å². The maximum Gasteiger partial charge on any atom is 0.260 e. The summed E-state index contributed by atoms with van der Waals surface area (Å²) in [5, 5.41) is 8.25. The SMILES string of the molecule is CC(C)n1cnnc1CC1CCN(C(=O)COc2ccccc2)C1. The smallest absolute Gasteiger partial charge is 0.260 e. The lowest BCUT2D eigenvalue weighted by Gasteiger charge is -2.17. The molecule has 0 spiro atoms. The summed E-state index contributed by atoms with van der Waals surface area (Å²) >= 11 is 0. The van der Waals surface area contributed by atoms with Gasteiger partial charge >= 0.3 is 0 Å². The normalized spacial score (nSPS) is 17.5. The number of hydrogen-bond acceptors (Lipinski definition) is 4. The third-order valence-corrected chi connectivity index (χ3v) is 4.42. The summed E-state index contributed by atoms with van der Waals surface area (Å²) in [6.45, 7) is 5.90. The van der Waals surface area contributed by atoms with Crippen LogP contribution in [-0.2, 0) is 11.2 Å². The average molecular weight is 328 g/mol. The van der Waals surface area contributed by atoms with E-state index in [-0.39, 0.29) is 12.5 Å². The van der Waals surface area contributed by atoms with E-state index in [0.717, 1.165) is 37.5 Å². The molecule has 6 heteroatoms. The van der Waals surface area contributed by atoms with Crippen LogP contribution >= 0.6 is 0 Å². The molecule has 1 unspecified atom stereocenters. The molecule has 1 amide bonds. The minimum absolute atomic E-state index is 0.0479. The van der Waals surface area contributed by atoms with Crippen LogP contribution in [0.1, 0.15) is 32.1 Å². The second-order valence-corrected chi connectivity index (χ2v) is 6.55. The molecule has 0 saturated carbocycles. The molecule has 1 fully saturated rings. The quantitative estimate of drug-likeness (QED) is 0.816. The van der Waals surface area contributed by atoms with Gasteiger partial charge in [0.15, 0.2) is 6.61 Å². The number of likely N-dealkylation sites (tertiary alicyclic amines) is 1. The highest BCUT2D eigenvalue weighted by Crippen LogP contribution is 2.21. The van der Waals surface area contributed by atoms with E-state index in [1.54, 1.807) is 6.33 Å². The molecule has 1 saturated heterocycles. The summed E-state index contributed by atoms with van der Waals surface area (Å²) in [5.41, 5.74) is 0. The number of nitrogens with zero attached hydrogens (tertiary/aromatic N) is 4. The van der Waals surface area contributed by atoms with Gasteiger partial charge in [-0.2, -0.15) is 0 Å². The Hall–Kier alpha value is -2.37. The molecule has 1 aromatic carbocycles. The molecule has 0 N–H and O–H groups in total. The van der Waals surface area contributed by atoms with Crippen LogP contribution < -0.4 is 4.74 Å². The maximum absolute atomic E-state index is 12.3. The van der Waals surface area contributed by atoms with Crippen LogP contribution in [-0.4, -0.2) is 45.3 Å². The number of benzene rings is 1. The average Bonchev–Trinajstić information content (AvgIpc) is 3.23. The molecule has 2 heterocycles. The van der Waals surface area contributed by atoms with Crippen LogP contribution in [0.2, 0.25) is 0 Å². The van der Waals surface area contributed by atoms with Gasteiger partial charge in [0.05, 0.1) is 0 Å². The molecule has 0 aliphatic carbocycles. The fourth-order valence-corrected chi connectivity index (χ4v) is 3.08. The summed E-state index contributed by atoms with van der Waals surface area (Å²) in [5.74, 6) is 2.22. The van der Waals surface area contributed by atoms with Crippen molar-refractivity contribution in [3.05, 3.63) is 42.5 Å². The molecule has 0 bridgehead atoms. The first-order valence-corrected chi connectivity index (χ1v) is 8.47. The number of aromatic nitrogens is 3. The summed E-state index contributed by atoms with van der Waals surface area (Å²) in [6, 6.07) is 9.80. The van der Waals surface area contributed by atoms with Crippen molar-refractivity contribution in [2.75, 3.05) is 19.7 Å². The van der Waals surface area contributed by atoms with Gasteiger partial charge in [0.2, 0.25) is 0 Å². The van der Waals surface area contributed by atoms with E-state index in [9.17, 15) is 4.79 Å². The second kappa shape index (κ2) is 7.47. The van der Waals surface area contributed by atoms with E-state index in [2.05, 4.69) is 28.6 Å². The van der Waals surface area contributed by atoms with Crippen molar-refractivity contribution in [1.29, 1.82) is 0 Å². The predicted molar refractivity (Wildman–Crippen MR) is 90.7 cm³/mol. The fraction of sp³-hybridized carbons (Fsp3) is 0.500. The molecule has 0 radical (unpaired) electrons. The van der Waals surface area contributed by atoms with E-state index < -0.39 is 0 Å². The van der Waals surface area contributed by atoms with E-state index in [1.165, 1.54) is 0 Å². The Kier molecular flexibility index (Phi) is 5.13. The number of amides is 1. The topological polar surface area (TPSA) is 60.2 Å². The van der Waals surface area contributed by atoms with Crippen molar-refractivity contribution < 1.29 is 9.53 Å². The lowest BCUT2D eigenvalue weighted by Crippen LogP contribution is -2.33. The second-order valence-electron chi connectivity index (χ2n) is 6.55. The zero-order valence-electron chi connectivity index (χ0n) is 14.3. The molecule has 1 aliphatic heterocycles. The lowest BCUT2D eigenvalue weighted by molar-refractivity contribution is -0.132. The highest BCUT2D eigenvalue weighted by atomic mass is 16.5. The van der Waals surface area contributed by atoms with Gasteiger partial charge in [-0.15, -0.1) is 10.2 Å². The molecule has 2 aromatic rings. The Morgan fingerprint density at radius 1 is 1.33 bits per heavy atom. The first kappa shape index (κ1) is 16.5. The van der Waals surface area contributed by atoms with Gasteiger partial charge in [-0.1, -0.05) is 18.2 Å². The third-order valence-electron chi connectivity index (χ3n) is 4.42. The Labute approximate surface area is 142 Å². The lowest BCUT2D eigenvalue weighted by atomic mass is 10.0. The van der Waals surface area contributed by atoms with Gasteiger partial charge in [-0.05, 0) is 38.3 Å². The summed E-state index contributed by atoms with van der Waals surface area (Å²) in [7, 11) is 0. The molecular weight excluding hydrogens is 304 g/mol. The standard InChI is InChI=1S/C18H24N4O2/c1-14(2)22-13-19-20-17(22)10-15-8-9-21(11-15)18(23)12-24-16-6-4-3-5-7-16/h3-7,13-15H,8-12H2,1-2H3. The maximum atomic E-state index is 12.3. The van der Waals surface area contributed by atoms with Crippen LogP contribution in [0.5, 0.6) is 5.75 Å². The van der Waals surface area contributed by atoms with Crippen molar-refractivity contribution >= 4 is 5.91 Å². The van der Waals surface area contributed by atoms with E-state index in [0.29, 0.717) is 12.0 Å². The zero-order chi connectivity index (χ0) is 16.9. The van der Waals surface area contributed by atoms with Gasteiger partial charge in [0, 0.05) is 25.6 Å². The first-order valence-electron chi connectivity index (χ1n) is 8.47. The van der Waals surface area contributed by atoms with Crippen molar-refractivity contribution in [1.82, 2.24) is 19.7 Å². The van der Waals surface area contributed by atoms with Gasteiger partial charge in [-0.3, -0.25) is 4.79 Å². The Bertz CT molecular complexity index is 669. The number of carbonyl (C=O) groups excluding carboxylic acids is 1. The van der Waals surface area contributed by atoms with Crippen LogP contribution in [0.3, 0.4) is 0 Å². The molecule has 1 aromatic heterocycles. The van der Waals surface area contributed by atoms with E-state index >= 15 is 0 Å². The number of ether oxygens (including phenoxy) is 1. The summed E-state index contributed by atoms with van der Waals surface area (Å²) in [4.78, 5) is 14.2. The van der Waals surface area contributed by atoms with Gasteiger partial charge in [-0.25, -0.2) is 0 Å². The van der Waals surface area contributed by atoms with Gasteiger partial charge < -0.3 is 14.2 Å². The van der Waals surface area contributed by atoms with Crippen LogP contribution in [0.15, 0.2) is 36.7 Å². The Morgan fingerprint density at radius 2 is 2.12 bits per heavy atom. The monoisotopic (exact) mass is 328 g/mol. The number of hydrogen-bond donors (Lipinski definition) is 0. The third kappa shape index (κ3) is 3.93. The minimum Gasteiger partial charge on any atom is -0.484 e. The van der Waals surface area contributed by atoms with Crippen molar-refractivity contribution in [2.45, 2.75) is 32.7 Å². The van der Waals surface area contributed by atoms with Crippen LogP contribution in [0, 0.1) is 5.92 Å². The predicted octanol–water partition coefficient (Wildman–Crippen LogP) is 2.33. The minimum atomic E-state index is 0.0479. The molecule has 128 valence electrons. The van der Waals surface area contributed by atoms with Crippen LogP contribution in [0.4, 0.5) is 0 Å². The van der Waals surface area contributed by atoms with E-state index in [1.807, 2.05) is 35.2 Å². The largest absolute Gasteiger partial charge is 0.484 e. The fourth-order valence-electron chi connectivity index (χ4n) is 3.08. The van der Waals surface area contributed by atoms with Crippen LogP contribution in [0.25, 0.3) is 0 Å². The van der Waals surface area contributed by atoms with Gasteiger partial charge in [0.1, 0.15) is 17.9 Å². The molecule has 3 rings (SSSR count). The molecule has 24 heavy (non-hydrogen) atoms. The number of para-hydroxylation sites is 1. The molecular formula is C18H24N4O2.